The third-order valence-corrected chi connectivity index (χ3v) is 1.57. The lowest BCUT2D eigenvalue weighted by atomic mass is 10.5. The molecule has 0 unspecified atom stereocenters. The predicted octanol–water partition coefficient (Wildman–Crippen LogP) is -2.06. The number of hydrogen-bond donors (Lipinski definition) is 5. The van der Waals surface area contributed by atoms with Gasteiger partial charge >= 0.3 is 6.09 Å². The van der Waals surface area contributed by atoms with E-state index in [9.17, 15) is 19.2 Å². The number of carbonyl (C=O) groups excluding carboxylic acids is 3. The molecule has 0 aromatic heterocycles. The van der Waals surface area contributed by atoms with Crippen LogP contribution in [0.3, 0.4) is 0 Å². The first-order valence-corrected chi connectivity index (χ1v) is 4.76. The summed E-state index contributed by atoms with van der Waals surface area (Å²) in [7, 11) is 0. The van der Waals surface area contributed by atoms with Gasteiger partial charge < -0.3 is 15.7 Å². The zero-order chi connectivity index (χ0) is 12.6. The molecule has 16 heavy (non-hydrogen) atoms. The topological polar surface area (TPSA) is 125 Å². The Bertz CT molecular complexity index is 306. The summed E-state index contributed by atoms with van der Waals surface area (Å²) in [6.07, 6.45) is -1.50. The van der Waals surface area contributed by atoms with Crippen molar-refractivity contribution in [1.82, 2.24) is 16.0 Å². The Morgan fingerprint density at radius 3 is 1.94 bits per heavy atom. The quantitative estimate of drug-likeness (QED) is 0.358. The first-order valence-electron chi connectivity index (χ1n) is 4.12. The van der Waals surface area contributed by atoms with Crippen molar-refractivity contribution in [2.45, 2.75) is 0 Å². The zero-order valence-corrected chi connectivity index (χ0v) is 9.04. The number of carbonyl (C=O) groups is 4. The second kappa shape index (κ2) is 7.51. The minimum atomic E-state index is -1.50. The van der Waals surface area contributed by atoms with Crippen molar-refractivity contribution in [1.29, 1.82) is 0 Å². The van der Waals surface area contributed by atoms with E-state index in [0.29, 0.717) is 0 Å². The number of carboxylic acid groups (broad SMARTS) is 1. The van der Waals surface area contributed by atoms with Gasteiger partial charge in [-0.1, -0.05) is 0 Å². The lowest BCUT2D eigenvalue weighted by Gasteiger charge is -2.05. The van der Waals surface area contributed by atoms with Gasteiger partial charge in [0.2, 0.25) is 17.7 Å². The highest BCUT2D eigenvalue weighted by Gasteiger charge is 2.08. The van der Waals surface area contributed by atoms with Crippen LogP contribution in [0, 0.1) is 0 Å². The number of rotatable bonds is 5. The Kier molecular flexibility index (Phi) is 6.68. The summed E-state index contributed by atoms with van der Waals surface area (Å²) in [4.78, 5) is 42.4. The van der Waals surface area contributed by atoms with Crippen molar-refractivity contribution in [2.75, 3.05) is 18.8 Å². The lowest BCUT2D eigenvalue weighted by molar-refractivity contribution is -0.126. The van der Waals surface area contributed by atoms with Gasteiger partial charge in [0.25, 0.3) is 0 Å². The molecule has 0 rings (SSSR count). The van der Waals surface area contributed by atoms with Crippen LogP contribution in [-0.2, 0) is 14.4 Å². The Hall–Kier alpha value is -1.77. The van der Waals surface area contributed by atoms with Crippen LogP contribution in [0.4, 0.5) is 4.79 Å². The second-order valence-electron chi connectivity index (χ2n) is 2.56. The molecule has 0 heterocycles. The number of thiol groups is 1. The van der Waals surface area contributed by atoms with E-state index in [4.69, 9.17) is 5.11 Å². The van der Waals surface area contributed by atoms with Gasteiger partial charge in [0, 0.05) is 0 Å². The molecule has 0 spiro atoms. The standard InChI is InChI=1S/C7H11N3O5S/c11-4(1-9-6(13)3-16)8-2-5(12)10-7(14)15/h16H,1-3H2,(H,8,11)(H,9,13)(H,10,12)(H,14,15). The Balaban J connectivity index is 3.69. The number of hydrogen-bond acceptors (Lipinski definition) is 5. The van der Waals surface area contributed by atoms with Gasteiger partial charge in [-0.15, -0.1) is 0 Å². The highest BCUT2D eigenvalue weighted by atomic mass is 32.1. The molecule has 0 saturated carbocycles. The first kappa shape index (κ1) is 14.2. The van der Waals surface area contributed by atoms with Gasteiger partial charge in [0.05, 0.1) is 18.8 Å². The van der Waals surface area contributed by atoms with E-state index in [1.807, 2.05) is 0 Å². The maximum absolute atomic E-state index is 11.0. The summed E-state index contributed by atoms with van der Waals surface area (Å²) in [6.45, 7) is -0.762. The van der Waals surface area contributed by atoms with Gasteiger partial charge in [-0.3, -0.25) is 19.7 Å². The maximum Gasteiger partial charge on any atom is 0.411 e. The van der Waals surface area contributed by atoms with Gasteiger partial charge in [-0.2, -0.15) is 12.6 Å². The molecule has 0 aliphatic carbocycles. The molecule has 0 aromatic carbocycles. The van der Waals surface area contributed by atoms with E-state index in [0.717, 1.165) is 0 Å². The highest BCUT2D eigenvalue weighted by Crippen LogP contribution is 1.73. The van der Waals surface area contributed by atoms with Crippen LogP contribution in [-0.4, -0.2) is 47.8 Å². The van der Waals surface area contributed by atoms with E-state index >= 15 is 0 Å². The number of nitrogens with one attached hydrogen (secondary N) is 3. The molecule has 0 saturated heterocycles. The average Bonchev–Trinajstić information content (AvgIpc) is 2.22. The summed E-state index contributed by atoms with van der Waals surface area (Å²) in [5.74, 6) is -1.93. The van der Waals surface area contributed by atoms with E-state index in [2.05, 4.69) is 23.3 Å². The number of amides is 4. The van der Waals surface area contributed by atoms with Crippen molar-refractivity contribution in [3.8, 4) is 0 Å². The first-order chi connectivity index (χ1) is 7.45. The molecular formula is C7H11N3O5S. The van der Waals surface area contributed by atoms with Crippen LogP contribution in [0.1, 0.15) is 0 Å². The Morgan fingerprint density at radius 1 is 0.938 bits per heavy atom. The number of imide groups is 1. The fraction of sp³-hybridized carbons (Fsp3) is 0.429. The van der Waals surface area contributed by atoms with Crippen molar-refractivity contribution in [3.05, 3.63) is 0 Å². The highest BCUT2D eigenvalue weighted by molar-refractivity contribution is 7.81. The van der Waals surface area contributed by atoms with Gasteiger partial charge in [0.15, 0.2) is 0 Å². The van der Waals surface area contributed by atoms with E-state index in [1.165, 1.54) is 5.32 Å². The summed E-state index contributed by atoms with van der Waals surface area (Å²) in [5, 5.41) is 14.0. The molecule has 0 aliphatic heterocycles. The fourth-order valence-corrected chi connectivity index (χ4v) is 0.751. The summed E-state index contributed by atoms with van der Waals surface area (Å²) in [6, 6.07) is 0. The molecule has 90 valence electrons. The molecule has 8 nitrogen and oxygen atoms in total. The van der Waals surface area contributed by atoms with Gasteiger partial charge in [-0.05, 0) is 0 Å². The normalized spacial score (nSPS) is 9.06. The largest absolute Gasteiger partial charge is 0.465 e. The van der Waals surface area contributed by atoms with Crippen LogP contribution in [0.15, 0.2) is 0 Å². The van der Waals surface area contributed by atoms with Crippen LogP contribution in [0.5, 0.6) is 0 Å². The van der Waals surface area contributed by atoms with Crippen LogP contribution in [0.25, 0.3) is 0 Å². The maximum atomic E-state index is 11.0. The van der Waals surface area contributed by atoms with Crippen molar-refractivity contribution < 1.29 is 24.3 Å². The van der Waals surface area contributed by atoms with Crippen LogP contribution >= 0.6 is 12.6 Å². The van der Waals surface area contributed by atoms with Gasteiger partial charge in [0.1, 0.15) is 0 Å². The second-order valence-corrected chi connectivity index (χ2v) is 2.88. The molecule has 9 heteroatoms. The molecule has 4 N–H and O–H groups in total. The lowest BCUT2D eigenvalue weighted by Crippen LogP contribution is -2.43. The van der Waals surface area contributed by atoms with E-state index in [-0.39, 0.29) is 12.3 Å². The summed E-state index contributed by atoms with van der Waals surface area (Å²) >= 11 is 3.67. The average molecular weight is 249 g/mol. The minimum absolute atomic E-state index is 0.0488. The molecule has 0 fully saturated rings. The zero-order valence-electron chi connectivity index (χ0n) is 8.15. The van der Waals surface area contributed by atoms with Crippen LogP contribution < -0.4 is 16.0 Å². The third kappa shape index (κ3) is 7.62. The Labute approximate surface area is 96.2 Å². The molecule has 0 atom stereocenters. The smallest absolute Gasteiger partial charge is 0.411 e. The fourth-order valence-electron chi connectivity index (χ4n) is 0.640. The Morgan fingerprint density at radius 2 is 1.44 bits per heavy atom. The monoisotopic (exact) mass is 249 g/mol. The SMILES string of the molecule is O=C(O)NC(=O)CNC(=O)CNC(=O)CS. The van der Waals surface area contributed by atoms with Crippen molar-refractivity contribution in [2.24, 2.45) is 0 Å². The molecule has 0 aromatic rings. The molecule has 4 amide bonds. The molecule has 0 radical (unpaired) electrons. The molecular weight excluding hydrogens is 238 g/mol. The van der Waals surface area contributed by atoms with Crippen LogP contribution in [0.2, 0.25) is 0 Å². The minimum Gasteiger partial charge on any atom is -0.465 e. The summed E-state index contributed by atoms with van der Waals surface area (Å²) in [5.41, 5.74) is 0. The predicted molar refractivity (Wildman–Crippen MR) is 56.0 cm³/mol. The van der Waals surface area contributed by atoms with Crippen molar-refractivity contribution >= 4 is 36.4 Å². The summed E-state index contributed by atoms with van der Waals surface area (Å²) < 4.78 is 0. The molecule has 0 bridgehead atoms. The molecule has 0 aliphatic rings. The van der Waals surface area contributed by atoms with E-state index < -0.39 is 30.4 Å². The van der Waals surface area contributed by atoms with Gasteiger partial charge in [-0.25, -0.2) is 4.79 Å². The van der Waals surface area contributed by atoms with Crippen molar-refractivity contribution in [3.63, 3.8) is 0 Å². The third-order valence-electron chi connectivity index (χ3n) is 1.28. The van der Waals surface area contributed by atoms with E-state index in [1.54, 1.807) is 0 Å².